The van der Waals surface area contributed by atoms with Gasteiger partial charge in [-0.1, -0.05) is 12.3 Å². The van der Waals surface area contributed by atoms with E-state index in [2.05, 4.69) is 16.1 Å². The Hall–Kier alpha value is -2.04. The number of piperidine rings is 2. The number of nitrogens with zero attached hydrogens (tertiary/aromatic N) is 2. The first-order valence-corrected chi connectivity index (χ1v) is 11.1. The molecule has 0 aromatic heterocycles. The molecule has 2 heterocycles. The van der Waals surface area contributed by atoms with Gasteiger partial charge in [0.1, 0.15) is 4.90 Å². The van der Waals surface area contributed by atoms with E-state index in [9.17, 15) is 13.2 Å². The predicted molar refractivity (Wildman–Crippen MR) is 106 cm³/mol. The number of anilines is 1. The first kappa shape index (κ1) is 19.7. The van der Waals surface area contributed by atoms with Gasteiger partial charge in [-0.15, -0.1) is 6.42 Å². The fourth-order valence-corrected chi connectivity index (χ4v) is 5.49. The molecule has 0 saturated carbocycles. The van der Waals surface area contributed by atoms with Crippen LogP contribution in [0, 0.1) is 12.3 Å². The van der Waals surface area contributed by atoms with E-state index in [0.717, 1.165) is 51.6 Å². The highest BCUT2D eigenvalue weighted by Crippen LogP contribution is 2.32. The second-order valence-corrected chi connectivity index (χ2v) is 8.99. The molecule has 1 aromatic carbocycles. The van der Waals surface area contributed by atoms with E-state index in [0.29, 0.717) is 24.3 Å². The molecule has 6 nitrogen and oxygen atoms in total. The van der Waals surface area contributed by atoms with Gasteiger partial charge < -0.3 is 10.2 Å². The Labute approximate surface area is 162 Å². The molecule has 1 amide bonds. The van der Waals surface area contributed by atoms with E-state index in [4.69, 9.17) is 6.42 Å². The molecule has 0 unspecified atom stereocenters. The molecule has 146 valence electrons. The van der Waals surface area contributed by atoms with Gasteiger partial charge in [0.25, 0.3) is 5.91 Å². The van der Waals surface area contributed by atoms with Crippen LogP contribution in [0.4, 0.5) is 5.69 Å². The number of carbonyl (C=O) groups excluding carboxylic acids is 1. The Bertz CT molecular complexity index is 817. The number of carbonyl (C=O) groups is 1. The smallest absolute Gasteiger partial charge is 0.252 e. The Kier molecular flexibility index (Phi) is 6.40. The topological polar surface area (TPSA) is 69.7 Å². The molecule has 0 atom stereocenters. The summed E-state index contributed by atoms with van der Waals surface area (Å²) in [5, 5.41) is 2.61. The summed E-state index contributed by atoms with van der Waals surface area (Å²) in [6, 6.07) is 4.97. The summed E-state index contributed by atoms with van der Waals surface area (Å²) in [6.07, 6.45) is 11.3. The van der Waals surface area contributed by atoms with Crippen LogP contribution in [0.5, 0.6) is 0 Å². The molecule has 2 saturated heterocycles. The number of hydrogen-bond acceptors (Lipinski definition) is 4. The zero-order valence-electron chi connectivity index (χ0n) is 15.6. The van der Waals surface area contributed by atoms with Crippen molar-refractivity contribution in [2.24, 2.45) is 0 Å². The van der Waals surface area contributed by atoms with E-state index < -0.39 is 10.0 Å². The fraction of sp³-hybridized carbons (Fsp3) is 0.550. The lowest BCUT2D eigenvalue weighted by atomic mass is 10.1. The van der Waals surface area contributed by atoms with Gasteiger partial charge in [0.2, 0.25) is 10.0 Å². The highest BCUT2D eigenvalue weighted by atomic mass is 32.2. The van der Waals surface area contributed by atoms with E-state index in [1.807, 2.05) is 0 Å². The standard InChI is InChI=1S/C20H27N3O3S/c1-2-11-21-20(24)17-9-10-18(22-12-5-3-6-13-22)19(16-17)27(25,26)23-14-7-4-8-15-23/h1,9-10,16H,3-8,11-15H2,(H,21,24). The number of sulfonamides is 1. The molecule has 0 radical (unpaired) electrons. The number of nitrogens with one attached hydrogen (secondary N) is 1. The lowest BCUT2D eigenvalue weighted by Gasteiger charge is -2.33. The molecule has 0 bridgehead atoms. The third kappa shape index (κ3) is 4.45. The predicted octanol–water partition coefficient (Wildman–Crippen LogP) is 2.21. The van der Waals surface area contributed by atoms with Crippen LogP contribution in [0.25, 0.3) is 0 Å². The molecular weight excluding hydrogens is 362 g/mol. The summed E-state index contributed by atoms with van der Waals surface area (Å²) in [5.74, 6) is 2.01. The zero-order chi connectivity index (χ0) is 19.3. The van der Waals surface area contributed by atoms with Gasteiger partial charge in [-0.3, -0.25) is 4.79 Å². The van der Waals surface area contributed by atoms with Crippen LogP contribution in [0.1, 0.15) is 48.9 Å². The van der Waals surface area contributed by atoms with Gasteiger partial charge in [0, 0.05) is 31.7 Å². The summed E-state index contributed by atoms with van der Waals surface area (Å²) in [4.78, 5) is 14.7. The third-order valence-corrected chi connectivity index (χ3v) is 7.13. The molecule has 1 aromatic rings. The molecule has 3 rings (SSSR count). The highest BCUT2D eigenvalue weighted by Gasteiger charge is 2.31. The van der Waals surface area contributed by atoms with Crippen LogP contribution in [-0.4, -0.2) is 51.4 Å². The average molecular weight is 390 g/mol. The van der Waals surface area contributed by atoms with Gasteiger partial charge in [-0.25, -0.2) is 8.42 Å². The maximum Gasteiger partial charge on any atom is 0.252 e. The minimum Gasteiger partial charge on any atom is -0.370 e. The van der Waals surface area contributed by atoms with Crippen molar-refractivity contribution in [1.82, 2.24) is 9.62 Å². The van der Waals surface area contributed by atoms with Crippen molar-refractivity contribution >= 4 is 21.6 Å². The molecule has 7 heteroatoms. The lowest BCUT2D eigenvalue weighted by molar-refractivity contribution is 0.0958. The summed E-state index contributed by atoms with van der Waals surface area (Å²) in [7, 11) is -3.65. The molecule has 2 fully saturated rings. The Morgan fingerprint density at radius 3 is 2.30 bits per heavy atom. The van der Waals surface area contributed by atoms with Crippen molar-refractivity contribution in [1.29, 1.82) is 0 Å². The normalized spacial score (nSPS) is 18.7. The molecule has 2 aliphatic heterocycles. The zero-order valence-corrected chi connectivity index (χ0v) is 16.4. The second kappa shape index (κ2) is 8.77. The monoisotopic (exact) mass is 389 g/mol. The second-order valence-electron chi connectivity index (χ2n) is 7.08. The Balaban J connectivity index is 2.00. The SMILES string of the molecule is C#CCNC(=O)c1ccc(N2CCCCC2)c(S(=O)(=O)N2CCCCC2)c1. The molecule has 0 spiro atoms. The van der Waals surface area contributed by atoms with Crippen LogP contribution < -0.4 is 10.2 Å². The van der Waals surface area contributed by atoms with E-state index in [1.54, 1.807) is 16.4 Å². The summed E-state index contributed by atoms with van der Waals surface area (Å²) >= 11 is 0. The van der Waals surface area contributed by atoms with Crippen LogP contribution in [0.3, 0.4) is 0 Å². The van der Waals surface area contributed by atoms with Crippen molar-refractivity contribution in [2.75, 3.05) is 37.6 Å². The maximum atomic E-state index is 13.4. The van der Waals surface area contributed by atoms with Gasteiger partial charge in [-0.2, -0.15) is 4.31 Å². The summed E-state index contributed by atoms with van der Waals surface area (Å²) in [5.41, 5.74) is 1.02. The average Bonchev–Trinajstić information content (AvgIpc) is 2.73. The third-order valence-electron chi connectivity index (χ3n) is 5.20. The molecule has 27 heavy (non-hydrogen) atoms. The summed E-state index contributed by atoms with van der Waals surface area (Å²) in [6.45, 7) is 2.86. The van der Waals surface area contributed by atoms with Gasteiger partial charge in [0.05, 0.1) is 12.2 Å². The minimum absolute atomic E-state index is 0.112. The number of hydrogen-bond donors (Lipinski definition) is 1. The Morgan fingerprint density at radius 2 is 1.67 bits per heavy atom. The van der Waals surface area contributed by atoms with Crippen molar-refractivity contribution in [3.8, 4) is 12.3 Å². The molecule has 2 aliphatic rings. The number of terminal acetylenes is 1. The highest BCUT2D eigenvalue weighted by molar-refractivity contribution is 7.89. The van der Waals surface area contributed by atoms with Crippen LogP contribution in [-0.2, 0) is 10.0 Å². The largest absolute Gasteiger partial charge is 0.370 e. The van der Waals surface area contributed by atoms with E-state index in [-0.39, 0.29) is 17.3 Å². The van der Waals surface area contributed by atoms with Gasteiger partial charge >= 0.3 is 0 Å². The molecular formula is C20H27N3O3S. The van der Waals surface area contributed by atoms with E-state index in [1.165, 1.54) is 6.07 Å². The first-order valence-electron chi connectivity index (χ1n) is 9.65. The van der Waals surface area contributed by atoms with Crippen molar-refractivity contribution in [2.45, 2.75) is 43.4 Å². The first-order chi connectivity index (χ1) is 13.0. The summed E-state index contributed by atoms with van der Waals surface area (Å²) < 4.78 is 28.3. The Morgan fingerprint density at radius 1 is 1.04 bits per heavy atom. The van der Waals surface area contributed by atoms with Crippen LogP contribution in [0.2, 0.25) is 0 Å². The van der Waals surface area contributed by atoms with Crippen molar-refractivity contribution < 1.29 is 13.2 Å². The number of rotatable bonds is 5. The van der Waals surface area contributed by atoms with Crippen LogP contribution >= 0.6 is 0 Å². The van der Waals surface area contributed by atoms with Crippen molar-refractivity contribution in [3.05, 3.63) is 23.8 Å². The van der Waals surface area contributed by atoms with Crippen LogP contribution in [0.15, 0.2) is 23.1 Å². The lowest BCUT2D eigenvalue weighted by Crippen LogP contribution is -2.38. The quantitative estimate of drug-likeness (QED) is 0.784. The molecule has 0 aliphatic carbocycles. The van der Waals surface area contributed by atoms with E-state index >= 15 is 0 Å². The minimum atomic E-state index is -3.65. The van der Waals surface area contributed by atoms with Gasteiger partial charge in [-0.05, 0) is 50.3 Å². The number of benzene rings is 1. The van der Waals surface area contributed by atoms with Crippen molar-refractivity contribution in [3.63, 3.8) is 0 Å². The molecule has 1 N–H and O–H groups in total. The maximum absolute atomic E-state index is 13.4. The number of amides is 1. The fourth-order valence-electron chi connectivity index (χ4n) is 3.74. The van der Waals surface area contributed by atoms with Gasteiger partial charge in [0.15, 0.2) is 0 Å².